The molecule has 10 heteroatoms. The smallest absolute Gasteiger partial charge is 0.462 e. The van der Waals surface area contributed by atoms with Crippen molar-refractivity contribution in [3.63, 3.8) is 0 Å². The molecule has 0 aliphatic heterocycles. The van der Waals surface area contributed by atoms with Crippen molar-refractivity contribution < 1.29 is 42.1 Å². The number of rotatable bonds is 59. The van der Waals surface area contributed by atoms with Crippen molar-refractivity contribution in [2.75, 3.05) is 47.5 Å². The Bertz CT molecular complexity index is 1850. The maximum atomic E-state index is 12.8. The fraction of sp³-hybridized carbons (Fsp3) is 0.667. The molecule has 9 nitrogen and oxygen atoms in total. The maximum Gasteiger partial charge on any atom is 0.472 e. The van der Waals surface area contributed by atoms with Crippen LogP contribution in [-0.2, 0) is 32.7 Å². The van der Waals surface area contributed by atoms with E-state index in [1.54, 1.807) is 0 Å². The fourth-order valence-corrected chi connectivity index (χ4v) is 9.37. The Balaban J connectivity index is 4.21. The molecule has 0 aromatic heterocycles. The third-order valence-electron chi connectivity index (χ3n) is 13.7. The van der Waals surface area contributed by atoms with Crippen LogP contribution in [0.15, 0.2) is 134 Å². The Morgan fingerprint density at radius 1 is 0.390 bits per heavy atom. The number of quaternary nitrogens is 1. The number of likely N-dealkylation sites (N-methyl/N-ethyl adjacent to an activating group) is 1. The Hall–Kier alpha value is -3.85. The highest BCUT2D eigenvalue weighted by atomic mass is 31.2. The summed E-state index contributed by atoms with van der Waals surface area (Å²) in [7, 11) is 1.44. The molecule has 0 aliphatic carbocycles. The molecule has 0 saturated carbocycles. The van der Waals surface area contributed by atoms with Gasteiger partial charge in [-0.05, 0) is 116 Å². The summed E-state index contributed by atoms with van der Waals surface area (Å²) in [6, 6.07) is 0. The average molecular weight is 1160 g/mol. The molecule has 0 saturated heterocycles. The minimum Gasteiger partial charge on any atom is -0.462 e. The first-order valence-electron chi connectivity index (χ1n) is 32.9. The normalized spacial score (nSPS) is 14.1. The number of unbranched alkanes of at least 4 members (excludes halogenated alkanes) is 23. The van der Waals surface area contributed by atoms with Gasteiger partial charge in [0.25, 0.3) is 0 Å². The summed E-state index contributed by atoms with van der Waals surface area (Å²) in [6.07, 6.45) is 89.7. The molecule has 0 bridgehead atoms. The molecule has 0 aromatic carbocycles. The number of phosphoric ester groups is 1. The Morgan fingerprint density at radius 2 is 0.695 bits per heavy atom. The molecule has 2 unspecified atom stereocenters. The molecule has 82 heavy (non-hydrogen) atoms. The van der Waals surface area contributed by atoms with Gasteiger partial charge in [-0.15, -0.1) is 0 Å². The molecule has 0 rings (SSSR count). The lowest BCUT2D eigenvalue weighted by atomic mass is 10.0. The lowest BCUT2D eigenvalue weighted by molar-refractivity contribution is -0.870. The highest BCUT2D eigenvalue weighted by molar-refractivity contribution is 7.47. The Morgan fingerprint density at radius 3 is 1.05 bits per heavy atom. The van der Waals surface area contributed by atoms with Gasteiger partial charge >= 0.3 is 19.8 Å². The van der Waals surface area contributed by atoms with Crippen LogP contribution < -0.4 is 0 Å². The number of nitrogens with zero attached hydrogens (tertiary/aromatic N) is 1. The van der Waals surface area contributed by atoms with Gasteiger partial charge in [-0.1, -0.05) is 263 Å². The van der Waals surface area contributed by atoms with E-state index in [1.165, 1.54) is 122 Å². The molecule has 0 aromatic rings. The number of carbonyl (C=O) groups excluding carboxylic acids is 2. The number of hydrogen-bond acceptors (Lipinski definition) is 7. The first-order valence-corrected chi connectivity index (χ1v) is 34.4. The quantitative estimate of drug-likeness (QED) is 0.0211. The van der Waals surface area contributed by atoms with Crippen molar-refractivity contribution in [3.05, 3.63) is 134 Å². The van der Waals surface area contributed by atoms with Gasteiger partial charge in [-0.25, -0.2) is 4.57 Å². The monoisotopic (exact) mass is 1160 g/mol. The maximum absolute atomic E-state index is 12.8. The lowest BCUT2D eigenvalue weighted by Crippen LogP contribution is -2.37. The van der Waals surface area contributed by atoms with Crippen molar-refractivity contribution in [2.24, 2.45) is 0 Å². The number of hydrogen-bond donors (Lipinski definition) is 1. The van der Waals surface area contributed by atoms with Crippen LogP contribution in [0.25, 0.3) is 0 Å². The molecular weight excluding hydrogens is 1040 g/mol. The summed E-state index contributed by atoms with van der Waals surface area (Å²) in [5.41, 5.74) is 0. The topological polar surface area (TPSA) is 108 Å². The fourth-order valence-electron chi connectivity index (χ4n) is 8.63. The zero-order valence-electron chi connectivity index (χ0n) is 53.2. The predicted octanol–water partition coefficient (Wildman–Crippen LogP) is 21.3. The van der Waals surface area contributed by atoms with Crippen LogP contribution in [0.5, 0.6) is 0 Å². The highest BCUT2D eigenvalue weighted by Gasteiger charge is 2.27. The molecule has 0 aliphatic rings. The second kappa shape index (κ2) is 61.7. The predicted molar refractivity (Wildman–Crippen MR) is 353 cm³/mol. The summed E-state index contributed by atoms with van der Waals surface area (Å²) in [6.45, 7) is 4.27. The van der Waals surface area contributed by atoms with Crippen molar-refractivity contribution >= 4 is 19.8 Å². The van der Waals surface area contributed by atoms with E-state index in [9.17, 15) is 19.0 Å². The van der Waals surface area contributed by atoms with Crippen LogP contribution in [0.4, 0.5) is 0 Å². The van der Waals surface area contributed by atoms with Gasteiger partial charge in [0.2, 0.25) is 0 Å². The van der Waals surface area contributed by atoms with Crippen LogP contribution >= 0.6 is 7.82 Å². The number of carbonyl (C=O) groups is 2. The lowest BCUT2D eigenvalue weighted by Gasteiger charge is -2.24. The van der Waals surface area contributed by atoms with E-state index in [0.29, 0.717) is 17.4 Å². The van der Waals surface area contributed by atoms with E-state index in [-0.39, 0.29) is 32.0 Å². The molecule has 0 heterocycles. The molecule has 1 N–H and O–H groups in total. The minimum absolute atomic E-state index is 0.0181. The summed E-state index contributed by atoms with van der Waals surface area (Å²) in [5, 5.41) is 0. The number of esters is 2. The van der Waals surface area contributed by atoms with Crippen LogP contribution in [0.2, 0.25) is 0 Å². The molecule has 0 fully saturated rings. The molecule has 468 valence electrons. The standard InChI is InChI=1S/C72H122NO8P/c1-6-8-10-12-14-16-18-20-22-24-26-28-30-32-34-35-36-37-39-41-43-45-47-49-51-53-55-57-59-61-63-65-72(75)81-70(69-80-82(76,77)79-67-66-73(3,4)5)68-78-71(74)64-62-60-58-56-54-52-50-48-46-44-42-40-38-33-31-29-27-25-23-21-19-17-15-13-11-9-7-2/h8,10,14,16,19-22,25-28,32,34,36-37,41,43,47,49,53,55,70H,6-7,9,11-13,15,17-18,23-24,29-31,33,35,38-40,42,44-46,48,50-52,54,56-69H2,1-5H3/p+1/b10-8-,16-14-,21-19-,22-20-,27-25-,28-26-,34-32-,37-36-,43-41-,49-47-,55-53-. The third-order valence-corrected chi connectivity index (χ3v) is 14.6. The highest BCUT2D eigenvalue weighted by Crippen LogP contribution is 2.43. The zero-order valence-corrected chi connectivity index (χ0v) is 54.1. The van der Waals surface area contributed by atoms with Gasteiger partial charge < -0.3 is 18.9 Å². The summed E-state index contributed by atoms with van der Waals surface area (Å²) >= 11 is 0. The Labute approximate surface area is 504 Å². The SMILES string of the molecule is CC/C=C\C/C=C\C/C=C\C/C=C\C/C=C\C/C=C\C/C=C\C/C=C\C/C=C\CCCCCC(=O)OC(COC(=O)CCCCCCCCCCCCCCCCC/C=C\C/C=C\CCCCCCC)COP(=O)(O)OCC[N+](C)(C)C. The van der Waals surface area contributed by atoms with Gasteiger partial charge in [-0.2, -0.15) is 0 Å². The Kier molecular flexibility index (Phi) is 58.8. The van der Waals surface area contributed by atoms with E-state index >= 15 is 0 Å². The average Bonchev–Trinajstić information content (AvgIpc) is 3.46. The summed E-state index contributed by atoms with van der Waals surface area (Å²) < 4.78 is 34.6. The van der Waals surface area contributed by atoms with Crippen LogP contribution in [0.3, 0.4) is 0 Å². The second-order valence-electron chi connectivity index (χ2n) is 22.8. The molecule has 2 atom stereocenters. The van der Waals surface area contributed by atoms with E-state index in [1.807, 2.05) is 21.1 Å². The minimum atomic E-state index is -4.41. The van der Waals surface area contributed by atoms with Crippen LogP contribution in [-0.4, -0.2) is 74.9 Å². The van der Waals surface area contributed by atoms with Crippen LogP contribution in [0, 0.1) is 0 Å². The summed E-state index contributed by atoms with van der Waals surface area (Å²) in [5.74, 6) is -0.840. The molecule has 0 amide bonds. The van der Waals surface area contributed by atoms with E-state index in [4.69, 9.17) is 18.5 Å². The van der Waals surface area contributed by atoms with Crippen molar-refractivity contribution in [2.45, 2.75) is 264 Å². The number of phosphoric acid groups is 1. The van der Waals surface area contributed by atoms with Gasteiger partial charge in [0.05, 0.1) is 27.7 Å². The first-order chi connectivity index (χ1) is 40.0. The van der Waals surface area contributed by atoms with E-state index in [2.05, 4.69) is 148 Å². The molecular formula is C72H123NO8P+. The van der Waals surface area contributed by atoms with Crippen molar-refractivity contribution in [3.8, 4) is 0 Å². The number of allylic oxidation sites excluding steroid dienone is 22. The van der Waals surface area contributed by atoms with Crippen LogP contribution in [0.1, 0.15) is 258 Å². The molecule has 0 radical (unpaired) electrons. The second-order valence-corrected chi connectivity index (χ2v) is 24.2. The molecule has 0 spiro atoms. The van der Waals surface area contributed by atoms with Crippen molar-refractivity contribution in [1.82, 2.24) is 0 Å². The zero-order chi connectivity index (χ0) is 59.8. The van der Waals surface area contributed by atoms with Gasteiger partial charge in [-0.3, -0.25) is 18.6 Å². The van der Waals surface area contributed by atoms with Gasteiger partial charge in [0.1, 0.15) is 19.8 Å². The van der Waals surface area contributed by atoms with Gasteiger partial charge in [0.15, 0.2) is 6.10 Å². The third kappa shape index (κ3) is 65.3. The van der Waals surface area contributed by atoms with Gasteiger partial charge in [0, 0.05) is 12.8 Å². The number of ether oxygens (including phenoxy) is 2. The van der Waals surface area contributed by atoms with E-state index < -0.39 is 26.5 Å². The first kappa shape index (κ1) is 78.1. The largest absolute Gasteiger partial charge is 0.472 e. The van der Waals surface area contributed by atoms with E-state index in [0.717, 1.165) is 103 Å². The van der Waals surface area contributed by atoms with Crippen molar-refractivity contribution in [1.29, 1.82) is 0 Å². The summed E-state index contributed by atoms with van der Waals surface area (Å²) in [4.78, 5) is 35.8.